The lowest BCUT2D eigenvalue weighted by molar-refractivity contribution is -0.126. The Bertz CT molecular complexity index is 1140. The summed E-state index contributed by atoms with van der Waals surface area (Å²) in [4.78, 5) is 22.4. The molecule has 1 saturated heterocycles. The molecule has 2 atom stereocenters. The Morgan fingerprint density at radius 2 is 1.85 bits per heavy atom. The number of methoxy groups -OCH3 is 2. The summed E-state index contributed by atoms with van der Waals surface area (Å²) in [5.74, 6) is 1.61. The van der Waals surface area contributed by atoms with Crippen molar-refractivity contribution in [2.45, 2.75) is 19.0 Å². The SMILES string of the molecule is COc1ccc(N2CCN3c4cc(OC)ccc4CC(C(=O)NCc4cccnc4)C3C2)cc1. The third kappa shape index (κ3) is 4.38. The van der Waals surface area contributed by atoms with Gasteiger partial charge < -0.3 is 24.6 Å². The number of rotatable bonds is 6. The molecule has 176 valence electrons. The number of ether oxygens (including phenoxy) is 2. The van der Waals surface area contributed by atoms with Crippen molar-refractivity contribution in [2.75, 3.05) is 43.7 Å². The van der Waals surface area contributed by atoms with Crippen molar-refractivity contribution < 1.29 is 14.3 Å². The maximum Gasteiger partial charge on any atom is 0.225 e. The molecular formula is C27H30N4O3. The molecule has 2 aliphatic heterocycles. The Labute approximate surface area is 200 Å². The maximum atomic E-state index is 13.5. The largest absolute Gasteiger partial charge is 0.497 e. The fourth-order valence-electron chi connectivity index (χ4n) is 5.05. The lowest BCUT2D eigenvalue weighted by Gasteiger charge is -2.49. The van der Waals surface area contributed by atoms with E-state index in [0.717, 1.165) is 42.4 Å². The number of pyridine rings is 1. The minimum Gasteiger partial charge on any atom is -0.497 e. The van der Waals surface area contributed by atoms with Crippen molar-refractivity contribution in [1.82, 2.24) is 10.3 Å². The van der Waals surface area contributed by atoms with Gasteiger partial charge >= 0.3 is 0 Å². The molecule has 1 fully saturated rings. The van der Waals surface area contributed by atoms with E-state index in [1.807, 2.05) is 30.3 Å². The molecule has 2 aliphatic rings. The molecule has 0 spiro atoms. The Morgan fingerprint density at radius 3 is 2.59 bits per heavy atom. The molecule has 7 heteroatoms. The van der Waals surface area contributed by atoms with Gasteiger partial charge in [-0.3, -0.25) is 9.78 Å². The highest BCUT2D eigenvalue weighted by molar-refractivity contribution is 5.82. The normalized spacial score (nSPS) is 19.1. The number of piperazine rings is 1. The molecule has 0 bridgehead atoms. The quantitative estimate of drug-likeness (QED) is 0.612. The van der Waals surface area contributed by atoms with Crippen LogP contribution in [0.5, 0.6) is 11.5 Å². The minimum atomic E-state index is -0.154. The molecule has 1 N–H and O–H groups in total. The molecule has 1 amide bonds. The summed E-state index contributed by atoms with van der Waals surface area (Å²) < 4.78 is 10.8. The van der Waals surface area contributed by atoms with Crippen molar-refractivity contribution in [3.05, 3.63) is 78.1 Å². The summed E-state index contributed by atoms with van der Waals surface area (Å²) in [6.45, 7) is 2.97. The van der Waals surface area contributed by atoms with Gasteiger partial charge in [0.15, 0.2) is 0 Å². The fourth-order valence-corrected chi connectivity index (χ4v) is 5.05. The number of hydrogen-bond acceptors (Lipinski definition) is 6. The second kappa shape index (κ2) is 9.63. The predicted molar refractivity (Wildman–Crippen MR) is 133 cm³/mol. The molecule has 2 aromatic carbocycles. The topological polar surface area (TPSA) is 66.9 Å². The van der Waals surface area contributed by atoms with Crippen LogP contribution in [0.15, 0.2) is 67.0 Å². The molecule has 3 aromatic rings. The zero-order valence-electron chi connectivity index (χ0n) is 19.6. The third-order valence-electron chi connectivity index (χ3n) is 6.89. The lowest BCUT2D eigenvalue weighted by atomic mass is 9.83. The van der Waals surface area contributed by atoms with Crippen LogP contribution in [0.25, 0.3) is 0 Å². The zero-order valence-corrected chi connectivity index (χ0v) is 19.6. The van der Waals surface area contributed by atoms with Crippen molar-refractivity contribution >= 4 is 17.3 Å². The van der Waals surface area contributed by atoms with E-state index >= 15 is 0 Å². The number of aromatic nitrogens is 1. The molecule has 0 aliphatic carbocycles. The van der Waals surface area contributed by atoms with Crippen molar-refractivity contribution in [1.29, 1.82) is 0 Å². The van der Waals surface area contributed by atoms with Crippen molar-refractivity contribution in [2.24, 2.45) is 5.92 Å². The number of fused-ring (bicyclic) bond motifs is 3. The van der Waals surface area contributed by atoms with E-state index < -0.39 is 0 Å². The average molecular weight is 459 g/mol. The summed E-state index contributed by atoms with van der Waals surface area (Å²) in [5, 5.41) is 3.16. The molecule has 0 saturated carbocycles. The van der Waals surface area contributed by atoms with Gasteiger partial charge in [0.25, 0.3) is 0 Å². The maximum absolute atomic E-state index is 13.5. The van der Waals surface area contributed by atoms with E-state index in [9.17, 15) is 4.79 Å². The highest BCUT2D eigenvalue weighted by Crippen LogP contribution is 2.39. The van der Waals surface area contributed by atoms with Crippen LogP contribution < -0.4 is 24.6 Å². The second-order valence-electron chi connectivity index (χ2n) is 8.79. The molecule has 7 nitrogen and oxygen atoms in total. The number of benzene rings is 2. The Balaban J connectivity index is 1.41. The second-order valence-corrected chi connectivity index (χ2v) is 8.79. The molecule has 5 rings (SSSR count). The summed E-state index contributed by atoms with van der Waals surface area (Å²) in [6, 6.07) is 18.3. The first kappa shape index (κ1) is 22.1. The van der Waals surface area contributed by atoms with Crippen molar-refractivity contribution in [3.8, 4) is 11.5 Å². The number of anilines is 2. The number of hydrogen-bond donors (Lipinski definition) is 1. The van der Waals surface area contributed by atoms with E-state index in [4.69, 9.17) is 9.47 Å². The fraction of sp³-hybridized carbons (Fsp3) is 0.333. The van der Waals surface area contributed by atoms with E-state index in [1.54, 1.807) is 26.6 Å². The molecule has 1 aromatic heterocycles. The Kier molecular flexibility index (Phi) is 6.25. The van der Waals surface area contributed by atoms with Crippen LogP contribution in [-0.4, -0.2) is 50.8 Å². The van der Waals surface area contributed by atoms with Gasteiger partial charge in [-0.2, -0.15) is 0 Å². The van der Waals surface area contributed by atoms with E-state index in [0.29, 0.717) is 13.0 Å². The first-order chi connectivity index (χ1) is 16.7. The number of carbonyl (C=O) groups is 1. The number of carbonyl (C=O) groups excluding carboxylic acids is 1. The molecular weight excluding hydrogens is 428 g/mol. The Morgan fingerprint density at radius 1 is 1.06 bits per heavy atom. The van der Waals surface area contributed by atoms with Gasteiger partial charge in [0.05, 0.1) is 26.2 Å². The van der Waals surface area contributed by atoms with Gasteiger partial charge in [0.2, 0.25) is 5.91 Å². The van der Waals surface area contributed by atoms with Gasteiger partial charge in [-0.25, -0.2) is 0 Å². The summed E-state index contributed by atoms with van der Waals surface area (Å²) in [7, 11) is 3.37. The average Bonchev–Trinajstić information content (AvgIpc) is 2.91. The van der Waals surface area contributed by atoms with Crippen LogP contribution >= 0.6 is 0 Å². The number of nitrogens with zero attached hydrogens (tertiary/aromatic N) is 3. The van der Waals surface area contributed by atoms with E-state index in [-0.39, 0.29) is 17.9 Å². The van der Waals surface area contributed by atoms with E-state index in [1.165, 1.54) is 11.3 Å². The standard InChI is InChI=1S/C27H30N4O3/c1-33-22-9-6-21(7-10-22)30-12-13-31-25-15-23(34-2)8-5-20(25)14-24(26(31)18-30)27(32)29-17-19-4-3-11-28-16-19/h3-11,15-16,24,26H,12-14,17-18H2,1-2H3,(H,29,32). The van der Waals surface area contributed by atoms with Crippen LogP contribution in [0, 0.1) is 5.92 Å². The van der Waals surface area contributed by atoms with Crippen LogP contribution in [0.4, 0.5) is 11.4 Å². The van der Waals surface area contributed by atoms with Gasteiger partial charge in [0.1, 0.15) is 11.5 Å². The zero-order chi connectivity index (χ0) is 23.5. The van der Waals surface area contributed by atoms with E-state index in [2.05, 4.69) is 44.4 Å². The van der Waals surface area contributed by atoms with Gasteiger partial charge in [0, 0.05) is 56.0 Å². The number of nitrogens with one attached hydrogen (secondary N) is 1. The summed E-state index contributed by atoms with van der Waals surface area (Å²) in [5.41, 5.74) is 4.51. The molecule has 2 unspecified atom stereocenters. The van der Waals surface area contributed by atoms with Crippen LogP contribution in [-0.2, 0) is 17.8 Å². The van der Waals surface area contributed by atoms with Gasteiger partial charge in [-0.05, 0) is 53.9 Å². The molecule has 34 heavy (non-hydrogen) atoms. The molecule has 3 heterocycles. The summed E-state index contributed by atoms with van der Waals surface area (Å²) >= 11 is 0. The van der Waals surface area contributed by atoms with Crippen LogP contribution in [0.3, 0.4) is 0 Å². The van der Waals surface area contributed by atoms with Crippen molar-refractivity contribution in [3.63, 3.8) is 0 Å². The third-order valence-corrected chi connectivity index (χ3v) is 6.89. The van der Waals surface area contributed by atoms with Gasteiger partial charge in [-0.1, -0.05) is 12.1 Å². The van der Waals surface area contributed by atoms with Crippen LogP contribution in [0.1, 0.15) is 11.1 Å². The highest BCUT2D eigenvalue weighted by atomic mass is 16.5. The highest BCUT2D eigenvalue weighted by Gasteiger charge is 2.41. The Hall–Kier alpha value is -3.74. The first-order valence-electron chi connectivity index (χ1n) is 11.7. The minimum absolute atomic E-state index is 0.0596. The predicted octanol–water partition coefficient (Wildman–Crippen LogP) is 3.28. The number of amides is 1. The first-order valence-corrected chi connectivity index (χ1v) is 11.7. The summed E-state index contributed by atoms with van der Waals surface area (Å²) in [6.07, 6.45) is 4.24. The molecule has 0 radical (unpaired) electrons. The monoisotopic (exact) mass is 458 g/mol. The van der Waals surface area contributed by atoms with Gasteiger partial charge in [-0.15, -0.1) is 0 Å². The lowest BCUT2D eigenvalue weighted by Crippen LogP contribution is -2.61. The van der Waals surface area contributed by atoms with Crippen LogP contribution in [0.2, 0.25) is 0 Å². The smallest absolute Gasteiger partial charge is 0.225 e.